The molecule has 2 heterocycles. The Balaban J connectivity index is 1.79. The molecular weight excluding hydrogens is 262 g/mol. The average Bonchev–Trinajstić information content (AvgIpc) is 2.54. The molecule has 110 valence electrons. The molecular formula is C17H21N3O. The predicted molar refractivity (Wildman–Crippen MR) is 83.2 cm³/mol. The number of nitrogens with zero attached hydrogens (tertiary/aromatic N) is 2. The van der Waals surface area contributed by atoms with Crippen molar-refractivity contribution >= 4 is 0 Å². The van der Waals surface area contributed by atoms with Crippen LogP contribution in [-0.2, 0) is 6.54 Å². The van der Waals surface area contributed by atoms with Crippen molar-refractivity contribution in [3.63, 3.8) is 0 Å². The van der Waals surface area contributed by atoms with Gasteiger partial charge in [0.1, 0.15) is 12.4 Å². The Labute approximate surface area is 125 Å². The summed E-state index contributed by atoms with van der Waals surface area (Å²) in [5.41, 5.74) is 2.45. The molecule has 0 saturated heterocycles. The SMILES string of the molecule is CNC1c2ccccc2OCC1N(C)Cc1cccnc1. The van der Waals surface area contributed by atoms with Crippen molar-refractivity contribution in [3.05, 3.63) is 59.9 Å². The second-order valence-corrected chi connectivity index (χ2v) is 5.46. The first kappa shape index (κ1) is 14.0. The predicted octanol–water partition coefficient (Wildman–Crippen LogP) is 2.24. The maximum Gasteiger partial charge on any atom is 0.124 e. The highest BCUT2D eigenvalue weighted by atomic mass is 16.5. The van der Waals surface area contributed by atoms with E-state index in [-0.39, 0.29) is 6.04 Å². The maximum absolute atomic E-state index is 5.93. The summed E-state index contributed by atoms with van der Waals surface area (Å²) < 4.78 is 5.93. The van der Waals surface area contributed by atoms with Crippen LogP contribution >= 0.6 is 0 Å². The van der Waals surface area contributed by atoms with Crippen LogP contribution in [0.3, 0.4) is 0 Å². The van der Waals surface area contributed by atoms with Crippen LogP contribution in [0.5, 0.6) is 5.75 Å². The van der Waals surface area contributed by atoms with Gasteiger partial charge in [0.2, 0.25) is 0 Å². The summed E-state index contributed by atoms with van der Waals surface area (Å²) in [6.45, 7) is 1.56. The summed E-state index contributed by atoms with van der Waals surface area (Å²) in [6.07, 6.45) is 3.72. The molecule has 4 heteroatoms. The van der Waals surface area contributed by atoms with Gasteiger partial charge in [-0.1, -0.05) is 24.3 Å². The topological polar surface area (TPSA) is 37.4 Å². The lowest BCUT2D eigenvalue weighted by Gasteiger charge is -2.38. The van der Waals surface area contributed by atoms with Crippen LogP contribution in [0.25, 0.3) is 0 Å². The maximum atomic E-state index is 5.93. The molecule has 0 spiro atoms. The summed E-state index contributed by atoms with van der Waals surface area (Å²) in [4.78, 5) is 6.51. The molecule has 1 aliphatic heterocycles. The highest BCUT2D eigenvalue weighted by Gasteiger charge is 2.32. The van der Waals surface area contributed by atoms with Gasteiger partial charge in [0.25, 0.3) is 0 Å². The molecule has 2 unspecified atom stereocenters. The second-order valence-electron chi connectivity index (χ2n) is 5.46. The van der Waals surface area contributed by atoms with Crippen molar-refractivity contribution in [2.24, 2.45) is 0 Å². The van der Waals surface area contributed by atoms with E-state index in [1.165, 1.54) is 11.1 Å². The van der Waals surface area contributed by atoms with Crippen LogP contribution in [0, 0.1) is 0 Å². The molecule has 0 radical (unpaired) electrons. The number of ether oxygens (including phenoxy) is 1. The fraction of sp³-hybridized carbons (Fsp3) is 0.353. The third kappa shape index (κ3) is 2.91. The van der Waals surface area contributed by atoms with Crippen molar-refractivity contribution in [1.82, 2.24) is 15.2 Å². The van der Waals surface area contributed by atoms with Crippen molar-refractivity contribution in [2.75, 3.05) is 20.7 Å². The fourth-order valence-electron chi connectivity index (χ4n) is 2.97. The number of fused-ring (bicyclic) bond motifs is 1. The molecule has 0 bridgehead atoms. The highest BCUT2D eigenvalue weighted by molar-refractivity contribution is 5.38. The third-order valence-corrected chi connectivity index (χ3v) is 4.08. The first-order valence-corrected chi connectivity index (χ1v) is 7.27. The molecule has 1 aliphatic rings. The van der Waals surface area contributed by atoms with Crippen LogP contribution in [0.2, 0.25) is 0 Å². The van der Waals surface area contributed by atoms with E-state index in [0.29, 0.717) is 12.6 Å². The Morgan fingerprint density at radius 2 is 2.14 bits per heavy atom. The summed E-state index contributed by atoms with van der Waals surface area (Å²) in [5, 5.41) is 3.44. The number of hydrogen-bond acceptors (Lipinski definition) is 4. The Kier molecular flexibility index (Phi) is 4.18. The minimum atomic E-state index is 0.275. The van der Waals surface area contributed by atoms with Gasteiger partial charge >= 0.3 is 0 Å². The minimum Gasteiger partial charge on any atom is -0.492 e. The average molecular weight is 283 g/mol. The molecule has 21 heavy (non-hydrogen) atoms. The van der Waals surface area contributed by atoms with E-state index in [4.69, 9.17) is 4.74 Å². The summed E-state index contributed by atoms with van der Waals surface area (Å²) in [7, 11) is 4.15. The van der Waals surface area contributed by atoms with Crippen LogP contribution in [0.15, 0.2) is 48.8 Å². The normalized spacial score (nSPS) is 20.9. The van der Waals surface area contributed by atoms with Crippen molar-refractivity contribution in [2.45, 2.75) is 18.6 Å². The van der Waals surface area contributed by atoms with Crippen molar-refractivity contribution in [3.8, 4) is 5.75 Å². The molecule has 0 amide bonds. The van der Waals surface area contributed by atoms with Crippen LogP contribution < -0.4 is 10.1 Å². The molecule has 3 rings (SSSR count). The van der Waals surface area contributed by atoms with E-state index >= 15 is 0 Å². The second kappa shape index (κ2) is 6.24. The Hall–Kier alpha value is -1.91. The van der Waals surface area contributed by atoms with Crippen LogP contribution in [0.4, 0.5) is 0 Å². The molecule has 0 saturated carbocycles. The van der Waals surface area contributed by atoms with Crippen molar-refractivity contribution in [1.29, 1.82) is 0 Å². The summed E-state index contributed by atoms with van der Waals surface area (Å²) in [6, 6.07) is 12.9. The zero-order valence-electron chi connectivity index (χ0n) is 12.5. The van der Waals surface area contributed by atoms with E-state index < -0.39 is 0 Å². The molecule has 2 aromatic rings. The number of nitrogens with one attached hydrogen (secondary N) is 1. The smallest absolute Gasteiger partial charge is 0.124 e. The van der Waals surface area contributed by atoms with Gasteiger partial charge in [0.05, 0.1) is 12.1 Å². The largest absolute Gasteiger partial charge is 0.492 e. The van der Waals surface area contributed by atoms with Crippen molar-refractivity contribution < 1.29 is 4.74 Å². The Bertz CT molecular complexity index is 588. The monoisotopic (exact) mass is 283 g/mol. The molecule has 4 nitrogen and oxygen atoms in total. The third-order valence-electron chi connectivity index (χ3n) is 4.08. The Morgan fingerprint density at radius 1 is 1.29 bits per heavy atom. The number of likely N-dealkylation sites (N-methyl/N-ethyl adjacent to an activating group) is 2. The van der Waals surface area contributed by atoms with Crippen LogP contribution in [0.1, 0.15) is 17.2 Å². The Morgan fingerprint density at radius 3 is 2.90 bits per heavy atom. The van der Waals surface area contributed by atoms with E-state index in [2.05, 4.69) is 40.4 Å². The molecule has 0 fully saturated rings. The van der Waals surface area contributed by atoms with Gasteiger partial charge in [-0.25, -0.2) is 0 Å². The van der Waals surface area contributed by atoms with Crippen LogP contribution in [-0.4, -0.2) is 36.6 Å². The molecule has 1 N–H and O–H groups in total. The first-order valence-electron chi connectivity index (χ1n) is 7.27. The number of rotatable bonds is 4. The number of hydrogen-bond donors (Lipinski definition) is 1. The quantitative estimate of drug-likeness (QED) is 0.934. The lowest BCUT2D eigenvalue weighted by atomic mass is 9.95. The number of para-hydroxylation sites is 1. The lowest BCUT2D eigenvalue weighted by Crippen LogP contribution is -2.47. The number of benzene rings is 1. The van der Waals surface area contributed by atoms with Gasteiger partial charge in [-0.05, 0) is 31.8 Å². The van der Waals surface area contributed by atoms with Gasteiger partial charge in [-0.3, -0.25) is 9.88 Å². The molecule has 0 aliphatic carbocycles. The zero-order chi connectivity index (χ0) is 14.7. The number of pyridine rings is 1. The molecule has 1 aromatic carbocycles. The summed E-state index contributed by atoms with van der Waals surface area (Å²) >= 11 is 0. The van der Waals surface area contributed by atoms with E-state index in [9.17, 15) is 0 Å². The van der Waals surface area contributed by atoms with E-state index in [1.807, 2.05) is 31.4 Å². The highest BCUT2D eigenvalue weighted by Crippen LogP contribution is 2.33. The van der Waals surface area contributed by atoms with E-state index in [0.717, 1.165) is 12.3 Å². The summed E-state index contributed by atoms with van der Waals surface area (Å²) in [5.74, 6) is 0.989. The van der Waals surface area contributed by atoms with Gasteiger partial charge in [0.15, 0.2) is 0 Å². The lowest BCUT2D eigenvalue weighted by molar-refractivity contribution is 0.104. The van der Waals surface area contributed by atoms with Gasteiger partial charge in [-0.2, -0.15) is 0 Å². The fourth-order valence-corrected chi connectivity index (χ4v) is 2.97. The first-order chi connectivity index (χ1) is 10.3. The van der Waals surface area contributed by atoms with Gasteiger partial charge in [0, 0.05) is 24.5 Å². The zero-order valence-corrected chi connectivity index (χ0v) is 12.5. The molecule has 2 atom stereocenters. The minimum absolute atomic E-state index is 0.275. The van der Waals surface area contributed by atoms with Gasteiger partial charge < -0.3 is 10.1 Å². The number of aromatic nitrogens is 1. The molecule has 1 aromatic heterocycles. The van der Waals surface area contributed by atoms with Gasteiger partial charge in [-0.15, -0.1) is 0 Å². The standard InChI is InChI=1S/C17H21N3O/c1-18-17-14-7-3-4-8-16(14)21-12-15(17)20(2)11-13-6-5-9-19-10-13/h3-10,15,17-18H,11-12H2,1-2H3. The van der Waals surface area contributed by atoms with E-state index in [1.54, 1.807) is 6.20 Å².